The van der Waals surface area contributed by atoms with Crippen LogP contribution in [0.25, 0.3) is 0 Å². The molecule has 1 fully saturated rings. The van der Waals surface area contributed by atoms with E-state index in [0.717, 1.165) is 18.5 Å². The number of nitrogens with one attached hydrogen (secondary N) is 1. The molecule has 1 heterocycles. The molecule has 0 aliphatic heterocycles. The number of hydrogen-bond acceptors (Lipinski definition) is 2. The highest BCUT2D eigenvalue weighted by Crippen LogP contribution is 2.37. The first kappa shape index (κ1) is 13.3. The van der Waals surface area contributed by atoms with Gasteiger partial charge in [0.25, 0.3) is 0 Å². The maximum absolute atomic E-state index is 12.9. The fourth-order valence-electron chi connectivity index (χ4n) is 2.83. The van der Waals surface area contributed by atoms with Gasteiger partial charge >= 0.3 is 0 Å². The van der Waals surface area contributed by atoms with Crippen LogP contribution in [0.2, 0.25) is 0 Å². The van der Waals surface area contributed by atoms with E-state index < -0.39 is 0 Å². The average molecular weight is 270 g/mol. The van der Waals surface area contributed by atoms with Gasteiger partial charge in [-0.3, -0.25) is 4.98 Å². The minimum Gasteiger partial charge on any atom is -0.306 e. The number of hydrogen-bond donors (Lipinski definition) is 1. The first-order chi connectivity index (χ1) is 9.72. The molecule has 0 amide bonds. The molecular formula is C17H19FN2. The van der Waals surface area contributed by atoms with Crippen LogP contribution in [0.15, 0.2) is 48.7 Å². The van der Waals surface area contributed by atoms with E-state index in [1.165, 1.54) is 5.56 Å². The van der Waals surface area contributed by atoms with Crippen LogP contribution in [0, 0.1) is 5.82 Å². The fourth-order valence-corrected chi connectivity index (χ4v) is 2.83. The standard InChI is InChI=1S/C17H19FN2/c1-12(17-4-2-3-9-19-17)20-16-10-14(11-16)13-5-7-15(18)8-6-13/h2-9,12,14,16,20H,10-11H2,1H3/t12-,14?,16?/m0/s1. The molecule has 1 saturated carbocycles. The Morgan fingerprint density at radius 2 is 1.90 bits per heavy atom. The van der Waals surface area contributed by atoms with E-state index in [-0.39, 0.29) is 11.9 Å². The normalized spacial score (nSPS) is 23.1. The minimum absolute atomic E-state index is 0.161. The third kappa shape index (κ3) is 2.88. The molecule has 0 saturated heterocycles. The number of halogens is 1. The maximum atomic E-state index is 12.9. The van der Waals surface area contributed by atoms with E-state index in [1.54, 1.807) is 12.1 Å². The van der Waals surface area contributed by atoms with Crippen LogP contribution in [0.4, 0.5) is 4.39 Å². The van der Waals surface area contributed by atoms with E-state index in [4.69, 9.17) is 0 Å². The average Bonchev–Trinajstić information content (AvgIpc) is 2.44. The predicted molar refractivity (Wildman–Crippen MR) is 78.0 cm³/mol. The lowest BCUT2D eigenvalue weighted by Gasteiger charge is -2.38. The summed E-state index contributed by atoms with van der Waals surface area (Å²) in [6.45, 7) is 2.15. The van der Waals surface area contributed by atoms with Gasteiger partial charge in [0.2, 0.25) is 0 Å². The van der Waals surface area contributed by atoms with E-state index in [9.17, 15) is 4.39 Å². The van der Waals surface area contributed by atoms with Gasteiger partial charge in [0.15, 0.2) is 0 Å². The smallest absolute Gasteiger partial charge is 0.123 e. The van der Waals surface area contributed by atoms with Crippen molar-refractivity contribution < 1.29 is 4.39 Å². The van der Waals surface area contributed by atoms with Crippen molar-refractivity contribution in [2.75, 3.05) is 0 Å². The van der Waals surface area contributed by atoms with Crippen molar-refractivity contribution in [3.8, 4) is 0 Å². The Kier molecular flexibility index (Phi) is 3.79. The molecule has 0 radical (unpaired) electrons. The number of aromatic nitrogens is 1. The summed E-state index contributed by atoms with van der Waals surface area (Å²) in [6, 6.07) is 13.7. The first-order valence-corrected chi connectivity index (χ1v) is 7.15. The van der Waals surface area contributed by atoms with Crippen molar-refractivity contribution >= 4 is 0 Å². The van der Waals surface area contributed by atoms with Crippen LogP contribution in [-0.2, 0) is 0 Å². The highest BCUT2D eigenvalue weighted by molar-refractivity contribution is 5.23. The lowest BCUT2D eigenvalue weighted by molar-refractivity contribution is 0.269. The zero-order valence-corrected chi connectivity index (χ0v) is 11.6. The number of rotatable bonds is 4. The quantitative estimate of drug-likeness (QED) is 0.913. The lowest BCUT2D eigenvalue weighted by atomic mass is 9.75. The van der Waals surface area contributed by atoms with Crippen LogP contribution >= 0.6 is 0 Å². The molecule has 1 atom stereocenters. The lowest BCUT2D eigenvalue weighted by Crippen LogP contribution is -2.41. The van der Waals surface area contributed by atoms with Gasteiger partial charge < -0.3 is 5.32 Å². The zero-order chi connectivity index (χ0) is 13.9. The molecule has 3 heteroatoms. The van der Waals surface area contributed by atoms with Crippen LogP contribution < -0.4 is 5.32 Å². The van der Waals surface area contributed by atoms with Gasteiger partial charge in [-0.2, -0.15) is 0 Å². The third-order valence-corrected chi connectivity index (χ3v) is 4.10. The van der Waals surface area contributed by atoms with Crippen LogP contribution in [-0.4, -0.2) is 11.0 Å². The molecule has 2 aromatic rings. The Morgan fingerprint density at radius 3 is 2.55 bits per heavy atom. The topological polar surface area (TPSA) is 24.9 Å². The monoisotopic (exact) mass is 270 g/mol. The molecule has 3 rings (SSSR count). The fraction of sp³-hybridized carbons (Fsp3) is 0.353. The molecule has 0 bridgehead atoms. The molecule has 20 heavy (non-hydrogen) atoms. The Morgan fingerprint density at radius 1 is 1.15 bits per heavy atom. The van der Waals surface area contributed by atoms with Crippen molar-refractivity contribution in [3.05, 3.63) is 65.7 Å². The van der Waals surface area contributed by atoms with Gasteiger partial charge in [0, 0.05) is 18.3 Å². The summed E-state index contributed by atoms with van der Waals surface area (Å²) in [5, 5.41) is 3.61. The molecule has 104 valence electrons. The first-order valence-electron chi connectivity index (χ1n) is 7.15. The van der Waals surface area contributed by atoms with E-state index in [1.807, 2.05) is 36.5 Å². The summed E-state index contributed by atoms with van der Waals surface area (Å²) in [6.07, 6.45) is 4.06. The predicted octanol–water partition coefficient (Wildman–Crippen LogP) is 3.82. The highest BCUT2D eigenvalue weighted by Gasteiger charge is 2.31. The molecule has 1 aromatic carbocycles. The molecule has 0 spiro atoms. The van der Waals surface area contributed by atoms with Gasteiger partial charge in [-0.1, -0.05) is 18.2 Å². The maximum Gasteiger partial charge on any atom is 0.123 e. The van der Waals surface area contributed by atoms with E-state index in [0.29, 0.717) is 12.0 Å². The summed E-state index contributed by atoms with van der Waals surface area (Å²) in [5.41, 5.74) is 2.33. The van der Waals surface area contributed by atoms with E-state index in [2.05, 4.69) is 17.2 Å². The van der Waals surface area contributed by atoms with Gasteiger partial charge in [0.05, 0.1) is 5.69 Å². The summed E-state index contributed by atoms with van der Waals surface area (Å²) < 4.78 is 12.9. The number of benzene rings is 1. The van der Waals surface area contributed by atoms with Crippen LogP contribution in [0.1, 0.15) is 43.0 Å². The van der Waals surface area contributed by atoms with Crippen LogP contribution in [0.3, 0.4) is 0 Å². The number of nitrogens with zero attached hydrogens (tertiary/aromatic N) is 1. The molecule has 1 aromatic heterocycles. The van der Waals surface area contributed by atoms with Crippen molar-refractivity contribution in [1.82, 2.24) is 10.3 Å². The minimum atomic E-state index is -0.161. The SMILES string of the molecule is C[C@H](NC1CC(c2ccc(F)cc2)C1)c1ccccn1. The molecule has 1 N–H and O–H groups in total. The zero-order valence-electron chi connectivity index (χ0n) is 11.6. The van der Waals surface area contributed by atoms with Gasteiger partial charge in [-0.05, 0) is 55.5 Å². The Labute approximate surface area is 119 Å². The van der Waals surface area contributed by atoms with Gasteiger partial charge in [-0.25, -0.2) is 4.39 Å². The van der Waals surface area contributed by atoms with Gasteiger partial charge in [0.1, 0.15) is 5.82 Å². The number of pyridine rings is 1. The Bertz CT molecular complexity index is 547. The Balaban J connectivity index is 1.52. The highest BCUT2D eigenvalue weighted by atomic mass is 19.1. The summed E-state index contributed by atoms with van der Waals surface area (Å²) in [5.74, 6) is 0.399. The second-order valence-corrected chi connectivity index (χ2v) is 5.56. The third-order valence-electron chi connectivity index (χ3n) is 4.10. The van der Waals surface area contributed by atoms with E-state index >= 15 is 0 Å². The summed E-state index contributed by atoms with van der Waals surface area (Å²) >= 11 is 0. The van der Waals surface area contributed by atoms with Crippen molar-refractivity contribution in [2.45, 2.75) is 37.8 Å². The summed E-state index contributed by atoms with van der Waals surface area (Å²) in [7, 11) is 0. The molecule has 0 unspecified atom stereocenters. The molecule has 2 nitrogen and oxygen atoms in total. The molecule has 1 aliphatic rings. The van der Waals surface area contributed by atoms with Crippen molar-refractivity contribution in [1.29, 1.82) is 0 Å². The van der Waals surface area contributed by atoms with Crippen molar-refractivity contribution in [2.24, 2.45) is 0 Å². The van der Waals surface area contributed by atoms with Gasteiger partial charge in [-0.15, -0.1) is 0 Å². The second kappa shape index (κ2) is 5.71. The summed E-state index contributed by atoms with van der Waals surface area (Å²) in [4.78, 5) is 4.37. The van der Waals surface area contributed by atoms with Crippen molar-refractivity contribution in [3.63, 3.8) is 0 Å². The molecular weight excluding hydrogens is 251 g/mol. The largest absolute Gasteiger partial charge is 0.306 e. The van der Waals surface area contributed by atoms with Crippen LogP contribution in [0.5, 0.6) is 0 Å². The Hall–Kier alpha value is -1.74. The molecule has 1 aliphatic carbocycles. The second-order valence-electron chi connectivity index (χ2n) is 5.56.